The Labute approximate surface area is 99.4 Å². The van der Waals surface area contributed by atoms with Crippen LogP contribution in [0, 0.1) is 6.92 Å². The maximum Gasteiger partial charge on any atom is 0.313 e. The summed E-state index contributed by atoms with van der Waals surface area (Å²) in [5, 5.41) is 1.08. The van der Waals surface area contributed by atoms with Crippen molar-refractivity contribution >= 4 is 16.9 Å². The number of ether oxygens (including phenoxy) is 1. The van der Waals surface area contributed by atoms with Crippen molar-refractivity contribution in [2.24, 2.45) is 0 Å². The van der Waals surface area contributed by atoms with Gasteiger partial charge in [-0.3, -0.25) is 9.78 Å². The molecule has 0 radical (unpaired) electrons. The van der Waals surface area contributed by atoms with Crippen LogP contribution in [0.2, 0.25) is 0 Å². The number of carbonyl (C=O) groups excluding carboxylic acids is 1. The van der Waals surface area contributed by atoms with Gasteiger partial charge in [-0.1, -0.05) is 24.3 Å². The van der Waals surface area contributed by atoms with E-state index in [1.807, 2.05) is 37.3 Å². The number of fused-ring (bicyclic) bond motifs is 1. The van der Waals surface area contributed by atoms with Gasteiger partial charge < -0.3 is 4.74 Å². The lowest BCUT2D eigenvalue weighted by molar-refractivity contribution is -0.139. The monoisotopic (exact) mass is 227 g/mol. The van der Waals surface area contributed by atoms with Gasteiger partial charge in [0, 0.05) is 11.1 Å². The Hall–Kier alpha value is -1.90. The third-order valence-corrected chi connectivity index (χ3v) is 3.20. The maximum atomic E-state index is 11.7. The van der Waals surface area contributed by atoms with Gasteiger partial charge >= 0.3 is 5.97 Å². The summed E-state index contributed by atoms with van der Waals surface area (Å²) in [6, 6.07) is 10.00. The summed E-state index contributed by atoms with van der Waals surface area (Å²) in [7, 11) is 0. The molecule has 86 valence electrons. The molecule has 2 heterocycles. The Kier molecular flexibility index (Phi) is 2.32. The third kappa shape index (κ3) is 1.68. The van der Waals surface area contributed by atoms with E-state index in [4.69, 9.17) is 4.74 Å². The highest BCUT2D eigenvalue weighted by atomic mass is 16.5. The zero-order valence-corrected chi connectivity index (χ0v) is 9.64. The molecule has 1 aromatic heterocycles. The van der Waals surface area contributed by atoms with Crippen molar-refractivity contribution in [3.63, 3.8) is 0 Å². The SMILES string of the molecule is Cc1ccc2cccc(C3CCOC3=O)c2n1. The molecule has 3 nitrogen and oxygen atoms in total. The molecule has 0 amide bonds. The van der Waals surface area contributed by atoms with Crippen molar-refractivity contribution < 1.29 is 9.53 Å². The van der Waals surface area contributed by atoms with Gasteiger partial charge in [-0.2, -0.15) is 0 Å². The fourth-order valence-electron chi connectivity index (χ4n) is 2.33. The van der Waals surface area contributed by atoms with E-state index in [9.17, 15) is 4.79 Å². The number of para-hydroxylation sites is 1. The number of hydrogen-bond donors (Lipinski definition) is 0. The van der Waals surface area contributed by atoms with Crippen LogP contribution in [0.3, 0.4) is 0 Å². The Bertz CT molecular complexity index is 592. The quantitative estimate of drug-likeness (QED) is 0.703. The van der Waals surface area contributed by atoms with Gasteiger partial charge in [-0.15, -0.1) is 0 Å². The molecule has 0 saturated carbocycles. The summed E-state index contributed by atoms with van der Waals surface area (Å²) >= 11 is 0. The van der Waals surface area contributed by atoms with E-state index in [0.29, 0.717) is 6.61 Å². The van der Waals surface area contributed by atoms with E-state index in [0.717, 1.165) is 28.6 Å². The zero-order chi connectivity index (χ0) is 11.8. The van der Waals surface area contributed by atoms with Crippen molar-refractivity contribution in [1.82, 2.24) is 4.98 Å². The molecule has 1 atom stereocenters. The van der Waals surface area contributed by atoms with E-state index in [1.165, 1.54) is 0 Å². The molecule has 17 heavy (non-hydrogen) atoms. The van der Waals surface area contributed by atoms with Crippen molar-refractivity contribution in [3.05, 3.63) is 41.6 Å². The standard InChI is InChI=1S/C14H13NO2/c1-9-5-6-10-3-2-4-11(13(10)15-9)12-7-8-17-14(12)16/h2-6,12H,7-8H2,1H3. The molecule has 1 aliphatic heterocycles. The summed E-state index contributed by atoms with van der Waals surface area (Å²) < 4.78 is 5.03. The third-order valence-electron chi connectivity index (χ3n) is 3.20. The minimum absolute atomic E-state index is 0.124. The highest BCUT2D eigenvalue weighted by Gasteiger charge is 2.29. The number of aryl methyl sites for hydroxylation is 1. The van der Waals surface area contributed by atoms with Crippen LogP contribution < -0.4 is 0 Å². The topological polar surface area (TPSA) is 39.2 Å². The number of cyclic esters (lactones) is 1. The molecule has 0 N–H and O–H groups in total. The molecule has 1 aliphatic rings. The molecule has 1 unspecified atom stereocenters. The van der Waals surface area contributed by atoms with Crippen molar-refractivity contribution in [2.75, 3.05) is 6.61 Å². The van der Waals surface area contributed by atoms with Gasteiger partial charge in [0.1, 0.15) is 0 Å². The van der Waals surface area contributed by atoms with Gasteiger partial charge in [0.25, 0.3) is 0 Å². The lowest BCUT2D eigenvalue weighted by Gasteiger charge is -2.09. The first-order valence-electron chi connectivity index (χ1n) is 5.78. The number of rotatable bonds is 1. The van der Waals surface area contributed by atoms with Crippen LogP contribution in [-0.2, 0) is 9.53 Å². The molecule has 1 aromatic carbocycles. The van der Waals surface area contributed by atoms with Gasteiger partial charge in [-0.05, 0) is 25.0 Å². The summed E-state index contributed by atoms with van der Waals surface area (Å²) in [6.45, 7) is 2.48. The number of aromatic nitrogens is 1. The summed E-state index contributed by atoms with van der Waals surface area (Å²) in [6.07, 6.45) is 0.758. The van der Waals surface area contributed by atoms with E-state index in [-0.39, 0.29) is 11.9 Å². The van der Waals surface area contributed by atoms with Gasteiger partial charge in [0.15, 0.2) is 0 Å². The normalized spacial score (nSPS) is 19.6. The number of carbonyl (C=O) groups is 1. The Balaban J connectivity index is 2.21. The van der Waals surface area contributed by atoms with Crippen molar-refractivity contribution in [3.8, 4) is 0 Å². The molecule has 0 spiro atoms. The minimum atomic E-state index is -0.145. The van der Waals surface area contributed by atoms with E-state index < -0.39 is 0 Å². The average molecular weight is 227 g/mol. The lowest BCUT2D eigenvalue weighted by atomic mass is 9.95. The molecule has 1 fully saturated rings. The predicted octanol–water partition coefficient (Wildman–Crippen LogP) is 2.57. The smallest absolute Gasteiger partial charge is 0.313 e. The first-order valence-corrected chi connectivity index (χ1v) is 5.78. The molecule has 0 bridgehead atoms. The van der Waals surface area contributed by atoms with E-state index in [1.54, 1.807) is 0 Å². The van der Waals surface area contributed by atoms with Gasteiger partial charge in [-0.25, -0.2) is 0 Å². The number of hydrogen-bond acceptors (Lipinski definition) is 3. The maximum absolute atomic E-state index is 11.7. The number of nitrogens with zero attached hydrogens (tertiary/aromatic N) is 1. The van der Waals surface area contributed by atoms with E-state index in [2.05, 4.69) is 4.98 Å². The first-order chi connectivity index (χ1) is 8.25. The largest absolute Gasteiger partial charge is 0.465 e. The number of esters is 1. The van der Waals surface area contributed by atoms with Crippen LogP contribution in [0.25, 0.3) is 10.9 Å². The summed E-state index contributed by atoms with van der Waals surface area (Å²) in [5.41, 5.74) is 2.89. The molecule has 3 heteroatoms. The second-order valence-corrected chi connectivity index (χ2v) is 4.38. The molecule has 2 aromatic rings. The molecule has 0 aliphatic carbocycles. The molecular formula is C14H13NO2. The number of pyridine rings is 1. The highest BCUT2D eigenvalue weighted by molar-refractivity contribution is 5.89. The van der Waals surface area contributed by atoms with Crippen LogP contribution in [-0.4, -0.2) is 17.6 Å². The number of benzene rings is 1. The summed E-state index contributed by atoms with van der Waals surface area (Å²) in [5.74, 6) is -0.270. The lowest BCUT2D eigenvalue weighted by Crippen LogP contribution is -2.06. The Morgan fingerprint density at radius 3 is 2.94 bits per heavy atom. The average Bonchev–Trinajstić information content (AvgIpc) is 2.74. The van der Waals surface area contributed by atoms with Crippen LogP contribution in [0.4, 0.5) is 0 Å². The van der Waals surface area contributed by atoms with Crippen molar-refractivity contribution in [2.45, 2.75) is 19.3 Å². The van der Waals surface area contributed by atoms with E-state index >= 15 is 0 Å². The molecule has 1 saturated heterocycles. The highest BCUT2D eigenvalue weighted by Crippen LogP contribution is 2.31. The molecular weight excluding hydrogens is 214 g/mol. The second-order valence-electron chi connectivity index (χ2n) is 4.38. The fraction of sp³-hybridized carbons (Fsp3) is 0.286. The summed E-state index contributed by atoms with van der Waals surface area (Å²) in [4.78, 5) is 16.2. The Morgan fingerprint density at radius 1 is 1.29 bits per heavy atom. The van der Waals surface area contributed by atoms with Crippen molar-refractivity contribution in [1.29, 1.82) is 0 Å². The van der Waals surface area contributed by atoms with Gasteiger partial charge in [0.05, 0.1) is 18.0 Å². The van der Waals surface area contributed by atoms with Crippen LogP contribution in [0.5, 0.6) is 0 Å². The zero-order valence-electron chi connectivity index (χ0n) is 9.64. The predicted molar refractivity (Wildman–Crippen MR) is 64.8 cm³/mol. The van der Waals surface area contributed by atoms with Gasteiger partial charge in [0.2, 0.25) is 0 Å². The molecule has 3 rings (SSSR count). The fourth-order valence-corrected chi connectivity index (χ4v) is 2.33. The van der Waals surface area contributed by atoms with Crippen LogP contribution in [0.15, 0.2) is 30.3 Å². The Morgan fingerprint density at radius 2 is 2.18 bits per heavy atom. The second kappa shape index (κ2) is 3.84. The minimum Gasteiger partial charge on any atom is -0.465 e. The van der Waals surface area contributed by atoms with Crippen LogP contribution >= 0.6 is 0 Å². The van der Waals surface area contributed by atoms with Crippen LogP contribution in [0.1, 0.15) is 23.6 Å². The first kappa shape index (κ1) is 10.3.